The normalized spacial score (nSPS) is 24.5. The summed E-state index contributed by atoms with van der Waals surface area (Å²) in [7, 11) is -2.58. The van der Waals surface area contributed by atoms with Crippen LogP contribution in [-0.4, -0.2) is 16.0 Å². The first kappa shape index (κ1) is 9.27. The van der Waals surface area contributed by atoms with E-state index in [0.29, 0.717) is 10.5 Å². The van der Waals surface area contributed by atoms with E-state index in [0.717, 1.165) is 12.0 Å². The van der Waals surface area contributed by atoms with Crippen molar-refractivity contribution in [2.24, 2.45) is 0 Å². The van der Waals surface area contributed by atoms with Gasteiger partial charge >= 0.3 is 0 Å². The molecule has 0 bridgehead atoms. The second-order valence-corrected chi connectivity index (χ2v) is 5.28. The maximum absolute atomic E-state index is 11.8. The Balaban J connectivity index is 2.70. The molecule has 1 amide bonds. The Kier molecular flexibility index (Phi) is 1.89. The lowest BCUT2D eigenvalue weighted by Crippen LogP contribution is -2.20. The van der Waals surface area contributed by atoms with Crippen molar-refractivity contribution in [1.82, 2.24) is 4.72 Å². The lowest BCUT2D eigenvalue weighted by Gasteiger charge is -2.01. The first-order valence-corrected chi connectivity index (χ1v) is 6.09. The highest BCUT2D eigenvalue weighted by atomic mass is 32.2. The van der Waals surface area contributed by atoms with E-state index < -0.39 is 9.71 Å². The van der Waals surface area contributed by atoms with Crippen LogP contribution < -0.4 is 4.72 Å². The van der Waals surface area contributed by atoms with E-state index in [-0.39, 0.29) is 5.91 Å². The quantitative estimate of drug-likeness (QED) is 0.701. The molecule has 14 heavy (non-hydrogen) atoms. The zero-order valence-corrected chi connectivity index (χ0v) is 8.69. The molecule has 0 radical (unpaired) electrons. The fraction of sp³-hybridized carbons (Fsp3) is 0.200. The van der Waals surface area contributed by atoms with Crippen LogP contribution in [0.15, 0.2) is 23.1 Å². The van der Waals surface area contributed by atoms with E-state index in [1.807, 2.05) is 13.0 Å². The second-order valence-electron chi connectivity index (χ2n) is 3.29. The third kappa shape index (κ3) is 1.23. The Morgan fingerprint density at radius 2 is 2.21 bits per heavy atom. The summed E-state index contributed by atoms with van der Waals surface area (Å²) in [6.45, 7) is 2.01. The molecule has 1 N–H and O–H groups in total. The SMILES string of the molecule is C=S1(=O)NC(=O)c2cc(CC)ccc21. The number of benzene rings is 1. The van der Waals surface area contributed by atoms with E-state index in [9.17, 15) is 9.00 Å². The number of amides is 1. The van der Waals surface area contributed by atoms with Crippen molar-refractivity contribution < 1.29 is 9.00 Å². The van der Waals surface area contributed by atoms with Gasteiger partial charge < -0.3 is 0 Å². The lowest BCUT2D eigenvalue weighted by atomic mass is 10.1. The molecule has 1 aromatic carbocycles. The third-order valence-corrected chi connectivity index (χ3v) is 3.89. The molecule has 0 aliphatic carbocycles. The number of carbonyl (C=O) groups excluding carboxylic acids is 1. The third-order valence-electron chi connectivity index (χ3n) is 2.31. The van der Waals surface area contributed by atoms with Crippen molar-refractivity contribution in [2.75, 3.05) is 0 Å². The average molecular weight is 209 g/mol. The molecule has 0 fully saturated rings. The number of fused-ring (bicyclic) bond motifs is 1. The molecule has 0 spiro atoms. The van der Waals surface area contributed by atoms with Crippen LogP contribution in [0.4, 0.5) is 0 Å². The first-order chi connectivity index (χ1) is 6.54. The predicted molar refractivity (Wildman–Crippen MR) is 56.8 cm³/mol. The van der Waals surface area contributed by atoms with Gasteiger partial charge in [0.15, 0.2) is 0 Å². The smallest absolute Gasteiger partial charge is 0.264 e. The summed E-state index contributed by atoms with van der Waals surface area (Å²) in [5, 5.41) is 0. The van der Waals surface area contributed by atoms with Crippen molar-refractivity contribution in [3.63, 3.8) is 0 Å². The standard InChI is InChI=1S/C10H11NO2S/c1-3-7-4-5-9-8(6-7)10(12)11-14(9,2)13/h4-6H,2-3H2,1H3,(H,11,12,13). The molecule has 1 aromatic rings. The van der Waals surface area contributed by atoms with Crippen LogP contribution in [0.2, 0.25) is 0 Å². The fourth-order valence-corrected chi connectivity index (χ4v) is 2.84. The van der Waals surface area contributed by atoms with Crippen molar-refractivity contribution >= 4 is 21.5 Å². The Hall–Kier alpha value is -1.29. The minimum absolute atomic E-state index is 0.282. The highest BCUT2D eigenvalue weighted by Gasteiger charge is 2.27. The van der Waals surface area contributed by atoms with Gasteiger partial charge in [0.2, 0.25) is 0 Å². The Bertz CT molecular complexity index is 503. The van der Waals surface area contributed by atoms with Gasteiger partial charge in [-0.25, -0.2) is 4.21 Å². The summed E-state index contributed by atoms with van der Waals surface area (Å²) >= 11 is 0. The molecule has 4 heteroatoms. The first-order valence-electron chi connectivity index (χ1n) is 4.37. The van der Waals surface area contributed by atoms with Gasteiger partial charge in [-0.3, -0.25) is 9.52 Å². The average Bonchev–Trinajstić information content (AvgIpc) is 2.37. The fourth-order valence-electron chi connectivity index (χ4n) is 1.52. The number of carbonyl (C=O) groups is 1. The number of aryl methyl sites for hydroxylation is 1. The van der Waals surface area contributed by atoms with E-state index >= 15 is 0 Å². The summed E-state index contributed by atoms with van der Waals surface area (Å²) in [5.41, 5.74) is 1.57. The van der Waals surface area contributed by atoms with Crippen LogP contribution in [0.1, 0.15) is 22.8 Å². The minimum Gasteiger partial charge on any atom is -0.275 e. The molecule has 1 heterocycles. The molecular formula is C10H11NO2S. The van der Waals surface area contributed by atoms with Gasteiger partial charge in [0, 0.05) is 0 Å². The van der Waals surface area contributed by atoms with Crippen molar-refractivity contribution in [1.29, 1.82) is 0 Å². The maximum atomic E-state index is 11.8. The van der Waals surface area contributed by atoms with Crippen LogP contribution in [0.25, 0.3) is 0 Å². The van der Waals surface area contributed by atoms with Crippen LogP contribution in [0.5, 0.6) is 0 Å². The Morgan fingerprint density at radius 1 is 1.50 bits per heavy atom. The molecule has 1 aliphatic rings. The van der Waals surface area contributed by atoms with Crippen molar-refractivity contribution in [3.8, 4) is 0 Å². The molecule has 0 saturated heterocycles. The summed E-state index contributed by atoms with van der Waals surface area (Å²) in [4.78, 5) is 11.9. The minimum atomic E-state index is -2.58. The molecule has 1 atom stereocenters. The van der Waals surface area contributed by atoms with Gasteiger partial charge in [-0.2, -0.15) is 0 Å². The molecule has 3 nitrogen and oxygen atoms in total. The maximum Gasteiger partial charge on any atom is 0.264 e. The van der Waals surface area contributed by atoms with E-state index in [1.54, 1.807) is 12.1 Å². The Morgan fingerprint density at radius 3 is 2.86 bits per heavy atom. The Labute approximate surface area is 83.3 Å². The van der Waals surface area contributed by atoms with E-state index in [4.69, 9.17) is 0 Å². The molecule has 1 unspecified atom stereocenters. The highest BCUT2D eigenvalue weighted by molar-refractivity contribution is 7.99. The molecular weight excluding hydrogens is 198 g/mol. The zero-order valence-electron chi connectivity index (χ0n) is 7.87. The van der Waals surface area contributed by atoms with Gasteiger partial charge in [-0.05, 0) is 30.0 Å². The summed E-state index contributed by atoms with van der Waals surface area (Å²) in [6.07, 6.45) is 0.860. The predicted octanol–water partition coefficient (Wildman–Crippen LogP) is 0.983. The molecule has 1 aliphatic heterocycles. The second kappa shape index (κ2) is 2.85. The van der Waals surface area contributed by atoms with Crippen molar-refractivity contribution in [3.05, 3.63) is 29.3 Å². The van der Waals surface area contributed by atoms with Crippen LogP contribution in [0.3, 0.4) is 0 Å². The topological polar surface area (TPSA) is 46.2 Å². The largest absolute Gasteiger partial charge is 0.275 e. The number of hydrogen-bond donors (Lipinski definition) is 1. The van der Waals surface area contributed by atoms with Gasteiger partial charge in [0.05, 0.1) is 20.2 Å². The number of hydrogen-bond acceptors (Lipinski definition) is 2. The zero-order chi connectivity index (χ0) is 10.3. The summed E-state index contributed by atoms with van der Waals surface area (Å²) in [5.74, 6) is 3.23. The monoisotopic (exact) mass is 209 g/mol. The molecule has 74 valence electrons. The lowest BCUT2D eigenvalue weighted by molar-refractivity contribution is 0.0985. The van der Waals surface area contributed by atoms with Gasteiger partial charge in [0.1, 0.15) is 0 Å². The molecule has 2 rings (SSSR count). The van der Waals surface area contributed by atoms with Crippen LogP contribution in [0, 0.1) is 0 Å². The molecule has 0 saturated carbocycles. The van der Waals surface area contributed by atoms with E-state index in [2.05, 4.69) is 10.6 Å². The van der Waals surface area contributed by atoms with Crippen molar-refractivity contribution in [2.45, 2.75) is 18.2 Å². The highest BCUT2D eigenvalue weighted by Crippen LogP contribution is 2.23. The van der Waals surface area contributed by atoms with Gasteiger partial charge in [0.25, 0.3) is 5.91 Å². The number of nitrogens with one attached hydrogen (secondary N) is 1. The van der Waals surface area contributed by atoms with Gasteiger partial charge in [-0.1, -0.05) is 13.0 Å². The van der Waals surface area contributed by atoms with Crippen LogP contribution >= 0.6 is 0 Å². The van der Waals surface area contributed by atoms with Crippen LogP contribution in [-0.2, 0) is 16.1 Å². The summed E-state index contributed by atoms with van der Waals surface area (Å²) < 4.78 is 14.2. The molecule has 0 aromatic heterocycles. The van der Waals surface area contributed by atoms with E-state index in [1.165, 1.54) is 0 Å². The van der Waals surface area contributed by atoms with Gasteiger partial charge in [-0.15, -0.1) is 0 Å². The number of rotatable bonds is 1. The summed E-state index contributed by atoms with van der Waals surface area (Å²) in [6, 6.07) is 5.38.